The first-order valence-electron chi connectivity index (χ1n) is 5.17. The average molecular weight is 178 g/mol. The molecule has 1 saturated heterocycles. The van der Waals surface area contributed by atoms with Gasteiger partial charge in [0.05, 0.1) is 12.2 Å². The van der Waals surface area contributed by atoms with Crippen molar-refractivity contribution < 1.29 is 9.53 Å². The summed E-state index contributed by atoms with van der Waals surface area (Å²) >= 11 is 0. The molecule has 3 rings (SSSR count). The van der Waals surface area contributed by atoms with Gasteiger partial charge in [-0.2, -0.15) is 0 Å². The van der Waals surface area contributed by atoms with Crippen molar-refractivity contribution in [3.8, 4) is 0 Å². The number of ketones is 1. The van der Waals surface area contributed by atoms with Gasteiger partial charge < -0.3 is 4.74 Å². The largest absolute Gasteiger partial charge is 0.370 e. The summed E-state index contributed by atoms with van der Waals surface area (Å²) in [6, 6.07) is 0. The lowest BCUT2D eigenvalue weighted by Crippen LogP contribution is -2.22. The van der Waals surface area contributed by atoms with Gasteiger partial charge in [-0.3, -0.25) is 4.79 Å². The highest BCUT2D eigenvalue weighted by Crippen LogP contribution is 2.44. The summed E-state index contributed by atoms with van der Waals surface area (Å²) in [5.74, 6) is 0.849. The fourth-order valence-corrected chi connectivity index (χ4v) is 2.97. The van der Waals surface area contributed by atoms with Gasteiger partial charge >= 0.3 is 0 Å². The Hall–Kier alpha value is -0.630. The number of rotatable bonds is 0. The molecule has 1 fully saturated rings. The quantitative estimate of drug-likeness (QED) is 0.565. The van der Waals surface area contributed by atoms with Crippen LogP contribution in [0.15, 0.2) is 11.1 Å². The molecule has 0 N–H and O–H groups in total. The number of hydrogen-bond donors (Lipinski definition) is 0. The van der Waals surface area contributed by atoms with Crippen molar-refractivity contribution in [1.82, 2.24) is 0 Å². The van der Waals surface area contributed by atoms with Crippen LogP contribution >= 0.6 is 0 Å². The van der Waals surface area contributed by atoms with E-state index in [2.05, 4.69) is 6.92 Å². The molecule has 2 heteroatoms. The molecule has 1 aliphatic carbocycles. The Balaban J connectivity index is 2.05. The lowest BCUT2D eigenvalue weighted by molar-refractivity contribution is -0.116. The van der Waals surface area contributed by atoms with Crippen LogP contribution in [0.5, 0.6) is 0 Å². The molecule has 3 atom stereocenters. The van der Waals surface area contributed by atoms with E-state index in [1.165, 1.54) is 5.57 Å². The van der Waals surface area contributed by atoms with E-state index < -0.39 is 0 Å². The molecule has 0 saturated carbocycles. The zero-order valence-electron chi connectivity index (χ0n) is 7.88. The highest BCUT2D eigenvalue weighted by Gasteiger charge is 2.43. The first-order chi connectivity index (χ1) is 6.25. The lowest BCUT2D eigenvalue weighted by atomic mass is 9.96. The van der Waals surface area contributed by atoms with E-state index in [-0.39, 0.29) is 6.10 Å². The van der Waals surface area contributed by atoms with Crippen molar-refractivity contribution in [2.75, 3.05) is 0 Å². The van der Waals surface area contributed by atoms with Crippen LogP contribution in [0.2, 0.25) is 0 Å². The minimum atomic E-state index is 0.172. The molecular formula is C11H14O2. The summed E-state index contributed by atoms with van der Waals surface area (Å²) in [6.45, 7) is 2.17. The molecule has 70 valence electrons. The van der Waals surface area contributed by atoms with E-state index in [0.717, 1.165) is 31.3 Å². The van der Waals surface area contributed by atoms with Crippen LogP contribution in [0.25, 0.3) is 0 Å². The molecule has 13 heavy (non-hydrogen) atoms. The summed E-state index contributed by atoms with van der Waals surface area (Å²) in [5, 5.41) is 0. The second kappa shape index (κ2) is 2.44. The van der Waals surface area contributed by atoms with Crippen molar-refractivity contribution in [1.29, 1.82) is 0 Å². The third-order valence-electron chi connectivity index (χ3n) is 3.61. The Morgan fingerprint density at radius 1 is 1.31 bits per heavy atom. The van der Waals surface area contributed by atoms with Crippen molar-refractivity contribution in [2.24, 2.45) is 5.92 Å². The number of hydrogen-bond acceptors (Lipinski definition) is 2. The maximum Gasteiger partial charge on any atom is 0.162 e. The minimum absolute atomic E-state index is 0.172. The highest BCUT2D eigenvalue weighted by molar-refractivity contribution is 6.00. The standard InChI is InChI=1S/C11H14O2/c1-6-4-9(12)11-8(6)5-7-2-3-10(11)13-7/h6-7,10H,2-5H2,1H3/t6-,7+,10-/m1/s1. The third kappa shape index (κ3) is 0.953. The smallest absolute Gasteiger partial charge is 0.162 e. The fraction of sp³-hybridized carbons (Fsp3) is 0.727. The van der Waals surface area contributed by atoms with Gasteiger partial charge in [-0.05, 0) is 25.2 Å². The van der Waals surface area contributed by atoms with E-state index in [1.807, 2.05) is 0 Å². The van der Waals surface area contributed by atoms with Gasteiger partial charge in [-0.15, -0.1) is 0 Å². The zero-order valence-corrected chi connectivity index (χ0v) is 7.88. The first-order valence-corrected chi connectivity index (χ1v) is 5.17. The molecule has 3 aliphatic rings. The Bertz CT molecular complexity index is 303. The third-order valence-corrected chi connectivity index (χ3v) is 3.61. The maximum atomic E-state index is 11.7. The average Bonchev–Trinajstić information content (AvgIpc) is 2.58. The number of fused-ring (bicyclic) bond motifs is 3. The molecule has 2 aliphatic heterocycles. The topological polar surface area (TPSA) is 26.3 Å². The Labute approximate surface area is 78.0 Å². The predicted molar refractivity (Wildman–Crippen MR) is 48.3 cm³/mol. The van der Waals surface area contributed by atoms with Crippen LogP contribution in [0.1, 0.15) is 32.6 Å². The summed E-state index contributed by atoms with van der Waals surface area (Å²) in [5.41, 5.74) is 2.48. The Morgan fingerprint density at radius 3 is 3.00 bits per heavy atom. The number of carbonyl (C=O) groups is 1. The molecule has 0 amide bonds. The van der Waals surface area contributed by atoms with E-state index in [0.29, 0.717) is 17.8 Å². The second-order valence-corrected chi connectivity index (χ2v) is 4.50. The molecular weight excluding hydrogens is 164 g/mol. The van der Waals surface area contributed by atoms with Crippen molar-refractivity contribution in [2.45, 2.75) is 44.8 Å². The van der Waals surface area contributed by atoms with Gasteiger partial charge in [0, 0.05) is 12.0 Å². The molecule has 0 unspecified atom stereocenters. The van der Waals surface area contributed by atoms with E-state index in [9.17, 15) is 4.79 Å². The van der Waals surface area contributed by atoms with Gasteiger partial charge in [-0.1, -0.05) is 12.5 Å². The van der Waals surface area contributed by atoms with E-state index >= 15 is 0 Å². The van der Waals surface area contributed by atoms with Crippen LogP contribution < -0.4 is 0 Å². The van der Waals surface area contributed by atoms with Gasteiger partial charge in [0.1, 0.15) is 0 Å². The van der Waals surface area contributed by atoms with Gasteiger partial charge in [0.25, 0.3) is 0 Å². The number of carbonyl (C=O) groups excluding carboxylic acids is 1. The molecule has 2 bridgehead atoms. The molecule has 0 aromatic rings. The van der Waals surface area contributed by atoms with Crippen molar-refractivity contribution in [3.63, 3.8) is 0 Å². The summed E-state index contributed by atoms with van der Waals surface area (Å²) in [7, 11) is 0. The van der Waals surface area contributed by atoms with Crippen LogP contribution in [0, 0.1) is 5.92 Å². The monoisotopic (exact) mass is 178 g/mol. The SMILES string of the molecule is C[C@@H]1CC(=O)C2=C1C[C@@H]1CC[C@H]2O1. The summed E-state index contributed by atoms with van der Waals surface area (Å²) < 4.78 is 5.75. The normalized spacial score (nSPS) is 42.8. The molecule has 0 aromatic heterocycles. The minimum Gasteiger partial charge on any atom is -0.370 e. The van der Waals surface area contributed by atoms with Crippen LogP contribution in [-0.2, 0) is 9.53 Å². The first kappa shape index (κ1) is 7.74. The molecule has 2 nitrogen and oxygen atoms in total. The molecule has 2 heterocycles. The molecule has 0 spiro atoms. The van der Waals surface area contributed by atoms with Gasteiger partial charge in [-0.25, -0.2) is 0 Å². The summed E-state index contributed by atoms with van der Waals surface area (Å²) in [6.07, 6.45) is 4.58. The Kier molecular flexibility index (Phi) is 1.46. The van der Waals surface area contributed by atoms with Crippen molar-refractivity contribution >= 4 is 5.78 Å². The molecule has 0 radical (unpaired) electrons. The summed E-state index contributed by atoms with van der Waals surface area (Å²) in [4.78, 5) is 11.7. The van der Waals surface area contributed by atoms with Crippen LogP contribution in [-0.4, -0.2) is 18.0 Å². The van der Waals surface area contributed by atoms with E-state index in [4.69, 9.17) is 4.74 Å². The van der Waals surface area contributed by atoms with Crippen LogP contribution in [0.3, 0.4) is 0 Å². The fourth-order valence-electron chi connectivity index (χ4n) is 2.97. The zero-order chi connectivity index (χ0) is 9.00. The second-order valence-electron chi connectivity index (χ2n) is 4.50. The number of ether oxygens (including phenoxy) is 1. The van der Waals surface area contributed by atoms with Gasteiger partial charge in [0.15, 0.2) is 5.78 Å². The van der Waals surface area contributed by atoms with Gasteiger partial charge in [0.2, 0.25) is 0 Å². The predicted octanol–water partition coefficient (Wildman–Crippen LogP) is 1.84. The van der Waals surface area contributed by atoms with Crippen LogP contribution in [0.4, 0.5) is 0 Å². The molecule has 0 aromatic carbocycles. The number of Topliss-reactive ketones (excluding diaryl/α,β-unsaturated/α-hetero) is 1. The Morgan fingerprint density at radius 2 is 2.15 bits per heavy atom. The highest BCUT2D eigenvalue weighted by atomic mass is 16.5. The maximum absolute atomic E-state index is 11.7. The van der Waals surface area contributed by atoms with Crippen molar-refractivity contribution in [3.05, 3.63) is 11.1 Å². The lowest BCUT2D eigenvalue weighted by Gasteiger charge is -2.23. The van der Waals surface area contributed by atoms with E-state index in [1.54, 1.807) is 0 Å².